The summed E-state index contributed by atoms with van der Waals surface area (Å²) in [5.74, 6) is -0.301. The van der Waals surface area contributed by atoms with Crippen LogP contribution in [0.3, 0.4) is 0 Å². The van der Waals surface area contributed by atoms with Crippen molar-refractivity contribution >= 4 is 5.91 Å². The van der Waals surface area contributed by atoms with Crippen LogP contribution in [0.2, 0.25) is 0 Å². The number of carbonyl (C=O) groups is 1. The lowest BCUT2D eigenvalue weighted by atomic mass is 9.96. The number of aliphatic hydroxyl groups is 11. The quantitative estimate of drug-likeness (QED) is 0.0199. The molecule has 0 aromatic rings. The minimum absolute atomic E-state index is 0.215. The van der Waals surface area contributed by atoms with Gasteiger partial charge in [0.15, 0.2) is 18.9 Å². The van der Waals surface area contributed by atoms with Crippen LogP contribution < -0.4 is 5.32 Å². The summed E-state index contributed by atoms with van der Waals surface area (Å²) >= 11 is 0. The third-order valence-corrected chi connectivity index (χ3v) is 18.6. The van der Waals surface area contributed by atoms with Crippen molar-refractivity contribution in [2.75, 3.05) is 26.4 Å². The van der Waals surface area contributed by atoms with Gasteiger partial charge in [0, 0.05) is 6.42 Å². The molecule has 12 N–H and O–H groups in total. The van der Waals surface area contributed by atoms with E-state index in [1.807, 2.05) is 6.08 Å². The van der Waals surface area contributed by atoms with Crippen LogP contribution in [0.15, 0.2) is 146 Å². The van der Waals surface area contributed by atoms with E-state index in [4.69, 9.17) is 28.4 Å². The Balaban J connectivity index is 1.38. The molecule has 17 unspecified atom stereocenters. The lowest BCUT2D eigenvalue weighted by Crippen LogP contribution is -2.66. The highest BCUT2D eigenvalue weighted by Crippen LogP contribution is 2.33. The monoisotopic (exact) mass is 1450 g/mol. The number of hydrogen-bond acceptors (Lipinski definition) is 18. The highest BCUT2D eigenvalue weighted by molar-refractivity contribution is 5.76. The fourth-order valence-corrected chi connectivity index (χ4v) is 12.3. The molecule has 19 nitrogen and oxygen atoms in total. The van der Waals surface area contributed by atoms with Gasteiger partial charge in [-0.2, -0.15) is 0 Å². The molecule has 1 amide bonds. The van der Waals surface area contributed by atoms with Crippen molar-refractivity contribution in [1.82, 2.24) is 5.32 Å². The zero-order valence-corrected chi connectivity index (χ0v) is 62.7. The second-order valence-electron chi connectivity index (χ2n) is 27.4. The number of ether oxygens (including phenoxy) is 6. The molecule has 3 fully saturated rings. The summed E-state index contributed by atoms with van der Waals surface area (Å²) in [4.78, 5) is 13.5. The second-order valence-corrected chi connectivity index (χ2v) is 27.4. The van der Waals surface area contributed by atoms with Crippen molar-refractivity contribution < 1.29 is 89.4 Å². The summed E-state index contributed by atoms with van der Waals surface area (Å²) in [5, 5.41) is 121. The van der Waals surface area contributed by atoms with Gasteiger partial charge in [-0.3, -0.25) is 4.79 Å². The minimum atomic E-state index is -1.99. The van der Waals surface area contributed by atoms with Crippen LogP contribution >= 0.6 is 0 Å². The Kier molecular flexibility index (Phi) is 56.5. The molecule has 103 heavy (non-hydrogen) atoms. The van der Waals surface area contributed by atoms with E-state index in [-0.39, 0.29) is 18.9 Å². The summed E-state index contributed by atoms with van der Waals surface area (Å²) in [6.45, 7) is 1.58. The van der Waals surface area contributed by atoms with Crippen molar-refractivity contribution in [3.05, 3.63) is 146 Å². The average Bonchev–Trinajstić information content (AvgIpc) is 0.781. The first-order valence-corrected chi connectivity index (χ1v) is 39.6. The molecule has 17 atom stereocenters. The standard InChI is InChI=1S/C84H139NO18/c1-3-5-7-9-11-13-15-17-19-21-23-25-26-27-28-29-30-31-32-33-34-35-36-37-38-39-40-42-44-46-48-50-52-54-56-58-60-62-72(90)85-67(68(89)61-59-57-55-53-51-49-47-45-43-41-24-22-20-18-16-14-12-10-8-6-4-2)66-98-82-78(96)75(93)80(70(64-87)100-82)103-84-79(97)76(94)81(71(65-88)101-84)102-83-77(95)74(92)73(91)69(63-86)99-83/h5,7,11,13,17,19,23,25,27-28,30-31,33-34,36-37,39-40,43,45,51,53,59,61,67-71,73-84,86-89,91-97H,3-4,6,8-10,12,14-16,18,20-22,24,26,29,32,35,38,41-42,44,46-50,52,54-58,60,62-66H2,1-2H3,(H,85,90)/b7-5-,13-11-,19-17-,25-23-,28-27-,31-30-,34-33-,37-36-,40-39-,45-43+,53-51+,61-59+. The third kappa shape index (κ3) is 42.7. The van der Waals surface area contributed by atoms with Gasteiger partial charge in [-0.05, 0) is 116 Å². The van der Waals surface area contributed by atoms with Gasteiger partial charge in [-0.25, -0.2) is 0 Å². The maximum Gasteiger partial charge on any atom is 0.220 e. The Morgan fingerprint density at radius 3 is 1.09 bits per heavy atom. The molecule has 0 bridgehead atoms. The number of aliphatic hydroxyl groups excluding tert-OH is 11. The van der Waals surface area contributed by atoms with Crippen molar-refractivity contribution in [3.63, 3.8) is 0 Å². The maximum atomic E-state index is 13.5. The average molecular weight is 1450 g/mol. The minimum Gasteiger partial charge on any atom is -0.394 e. The van der Waals surface area contributed by atoms with E-state index in [0.29, 0.717) is 12.8 Å². The highest BCUT2D eigenvalue weighted by atomic mass is 16.8. The molecule has 0 radical (unpaired) electrons. The summed E-state index contributed by atoms with van der Waals surface area (Å²) in [6.07, 6.45) is 63.9. The molecule has 0 spiro atoms. The molecule has 3 saturated heterocycles. The fraction of sp³-hybridized carbons (Fsp3) is 0.702. The summed E-state index contributed by atoms with van der Waals surface area (Å²) in [6, 6.07) is -1.01. The van der Waals surface area contributed by atoms with Gasteiger partial charge >= 0.3 is 0 Å². The molecule has 19 heteroatoms. The predicted molar refractivity (Wildman–Crippen MR) is 410 cm³/mol. The largest absolute Gasteiger partial charge is 0.394 e. The van der Waals surface area contributed by atoms with Crippen LogP contribution in [-0.2, 0) is 33.2 Å². The molecule has 0 aliphatic carbocycles. The molecule has 3 aliphatic heterocycles. The van der Waals surface area contributed by atoms with Crippen molar-refractivity contribution in [3.8, 4) is 0 Å². The van der Waals surface area contributed by atoms with Gasteiger partial charge in [0.2, 0.25) is 5.91 Å². The van der Waals surface area contributed by atoms with E-state index in [1.54, 1.807) is 6.08 Å². The lowest BCUT2D eigenvalue weighted by Gasteiger charge is -2.48. The lowest BCUT2D eigenvalue weighted by molar-refractivity contribution is -0.379. The molecule has 0 saturated carbocycles. The van der Waals surface area contributed by atoms with Crippen LogP contribution in [0.1, 0.15) is 245 Å². The van der Waals surface area contributed by atoms with Gasteiger partial charge in [0.05, 0.1) is 38.6 Å². The van der Waals surface area contributed by atoms with Gasteiger partial charge in [-0.1, -0.05) is 269 Å². The Morgan fingerprint density at radius 1 is 0.359 bits per heavy atom. The van der Waals surface area contributed by atoms with Gasteiger partial charge in [0.1, 0.15) is 73.2 Å². The first-order valence-electron chi connectivity index (χ1n) is 39.6. The van der Waals surface area contributed by atoms with E-state index >= 15 is 0 Å². The molecule has 0 aromatic carbocycles. The Morgan fingerprint density at radius 2 is 0.680 bits per heavy atom. The Hall–Kier alpha value is -4.33. The number of carbonyl (C=O) groups excluding carboxylic acids is 1. The zero-order chi connectivity index (χ0) is 74.6. The van der Waals surface area contributed by atoms with Gasteiger partial charge < -0.3 is 89.9 Å². The molecule has 588 valence electrons. The second kappa shape index (κ2) is 62.7. The van der Waals surface area contributed by atoms with Crippen LogP contribution in [0.5, 0.6) is 0 Å². The molecule has 3 heterocycles. The summed E-state index contributed by atoms with van der Waals surface area (Å²) in [5.41, 5.74) is 0. The highest BCUT2D eigenvalue weighted by Gasteiger charge is 2.53. The normalized spacial score (nSPS) is 26.9. The predicted octanol–water partition coefficient (Wildman–Crippen LogP) is 13.1. The molecular weight excluding hydrogens is 1310 g/mol. The number of hydrogen-bond donors (Lipinski definition) is 12. The molecule has 3 rings (SSSR count). The number of unbranched alkanes of at least 4 members (excludes halogenated alkanes) is 22. The van der Waals surface area contributed by atoms with Crippen LogP contribution in [0.25, 0.3) is 0 Å². The summed E-state index contributed by atoms with van der Waals surface area (Å²) in [7, 11) is 0. The Bertz CT molecular complexity index is 2430. The van der Waals surface area contributed by atoms with Crippen LogP contribution in [0.4, 0.5) is 0 Å². The van der Waals surface area contributed by atoms with Crippen molar-refractivity contribution in [2.45, 2.75) is 349 Å². The van der Waals surface area contributed by atoms with E-state index < -0.39 is 124 Å². The van der Waals surface area contributed by atoms with E-state index in [9.17, 15) is 61.0 Å². The number of amides is 1. The smallest absolute Gasteiger partial charge is 0.220 e. The van der Waals surface area contributed by atoms with E-state index in [1.165, 1.54) is 96.3 Å². The first kappa shape index (κ1) is 92.9. The number of allylic oxidation sites excluding steroid dienone is 23. The SMILES string of the molecule is CC/C=C\C/C=C\C/C=C\C/C=C\C/C=C\C/C=C\C/C=C\C/C=C\C/C=C\CCCCCCCCCCCC(=O)NC(COC1OC(CO)C(OC2OC(CO)C(OC3OC(CO)C(O)C(O)C3O)C(O)C2O)C(O)C1O)C(O)/C=C/CC/C=C/CC/C=C/CCCCCCCCCCCCC. The van der Waals surface area contributed by atoms with E-state index in [0.717, 1.165) is 116 Å². The molecular formula is C84H139NO18. The third-order valence-electron chi connectivity index (χ3n) is 18.6. The fourth-order valence-electron chi connectivity index (χ4n) is 12.3. The summed E-state index contributed by atoms with van der Waals surface area (Å²) < 4.78 is 34.4. The Labute approximate surface area is 619 Å². The van der Waals surface area contributed by atoms with Crippen LogP contribution in [0, 0.1) is 0 Å². The van der Waals surface area contributed by atoms with Gasteiger partial charge in [-0.15, -0.1) is 0 Å². The zero-order valence-electron chi connectivity index (χ0n) is 62.7. The van der Waals surface area contributed by atoms with Gasteiger partial charge in [0.25, 0.3) is 0 Å². The van der Waals surface area contributed by atoms with Crippen LogP contribution in [-0.4, -0.2) is 193 Å². The van der Waals surface area contributed by atoms with Crippen molar-refractivity contribution in [2.24, 2.45) is 0 Å². The first-order chi connectivity index (χ1) is 50.3. The molecule has 3 aliphatic rings. The topological polar surface area (TPSA) is 307 Å². The number of rotatable bonds is 60. The van der Waals surface area contributed by atoms with Crippen molar-refractivity contribution in [1.29, 1.82) is 0 Å². The molecule has 0 aromatic heterocycles. The number of nitrogens with one attached hydrogen (secondary N) is 1. The van der Waals surface area contributed by atoms with E-state index in [2.05, 4.69) is 153 Å². The maximum absolute atomic E-state index is 13.5.